The molecule has 26 heavy (non-hydrogen) atoms. The summed E-state index contributed by atoms with van der Waals surface area (Å²) in [5, 5.41) is 7.48. The van der Waals surface area contributed by atoms with Crippen LogP contribution in [0.4, 0.5) is 0 Å². The largest absolute Gasteiger partial charge is 0.342 e. The lowest BCUT2D eigenvalue weighted by Gasteiger charge is -2.26. The van der Waals surface area contributed by atoms with Gasteiger partial charge < -0.3 is 5.32 Å². The molecule has 1 amide bonds. The summed E-state index contributed by atoms with van der Waals surface area (Å²) >= 11 is 0. The third-order valence-corrected chi connectivity index (χ3v) is 4.79. The van der Waals surface area contributed by atoms with Crippen molar-refractivity contribution in [3.8, 4) is 0 Å². The molecule has 1 unspecified atom stereocenters. The Morgan fingerprint density at radius 3 is 2.46 bits per heavy atom. The molecular formula is C20H25N5O. The average molecular weight is 351 g/mol. The summed E-state index contributed by atoms with van der Waals surface area (Å²) in [6, 6.07) is 11.9. The molecule has 0 bridgehead atoms. The molecule has 0 spiro atoms. The van der Waals surface area contributed by atoms with Crippen molar-refractivity contribution in [3.63, 3.8) is 0 Å². The van der Waals surface area contributed by atoms with Crippen molar-refractivity contribution in [2.75, 3.05) is 0 Å². The Labute approximate surface area is 153 Å². The highest BCUT2D eigenvalue weighted by Gasteiger charge is 2.25. The molecule has 6 heteroatoms. The minimum absolute atomic E-state index is 0.0684. The maximum atomic E-state index is 12.9. The van der Waals surface area contributed by atoms with Gasteiger partial charge in [-0.3, -0.25) is 4.79 Å². The molecule has 1 aromatic carbocycles. The molecule has 2 heterocycles. The van der Waals surface area contributed by atoms with Crippen LogP contribution in [-0.2, 0) is 0 Å². The van der Waals surface area contributed by atoms with E-state index in [1.165, 1.54) is 0 Å². The number of rotatable bonds is 6. The van der Waals surface area contributed by atoms with Crippen LogP contribution < -0.4 is 5.32 Å². The third kappa shape index (κ3) is 3.59. The number of nitrogens with one attached hydrogen (secondary N) is 1. The second-order valence-corrected chi connectivity index (χ2v) is 6.62. The topological polar surface area (TPSA) is 72.2 Å². The van der Waals surface area contributed by atoms with Gasteiger partial charge in [0.05, 0.1) is 6.04 Å². The summed E-state index contributed by atoms with van der Waals surface area (Å²) in [5.41, 5.74) is 2.86. The predicted octanol–water partition coefficient (Wildman–Crippen LogP) is 3.65. The third-order valence-electron chi connectivity index (χ3n) is 4.79. The first kappa shape index (κ1) is 18.0. The van der Waals surface area contributed by atoms with Gasteiger partial charge >= 0.3 is 0 Å². The Hall–Kier alpha value is -2.76. The van der Waals surface area contributed by atoms with E-state index in [4.69, 9.17) is 0 Å². The second kappa shape index (κ2) is 7.64. The Morgan fingerprint density at radius 1 is 1.12 bits per heavy atom. The smallest absolute Gasteiger partial charge is 0.291 e. The first-order chi connectivity index (χ1) is 12.5. The Kier molecular flexibility index (Phi) is 5.30. The van der Waals surface area contributed by atoms with E-state index >= 15 is 0 Å². The van der Waals surface area contributed by atoms with Gasteiger partial charge in [-0.05, 0) is 31.4 Å². The lowest BCUT2D eigenvalue weighted by Crippen LogP contribution is -2.34. The van der Waals surface area contributed by atoms with Crippen LogP contribution in [-0.4, -0.2) is 25.5 Å². The number of hydrogen-bond donors (Lipinski definition) is 1. The van der Waals surface area contributed by atoms with E-state index in [1.54, 1.807) is 4.52 Å². The molecule has 3 rings (SSSR count). The van der Waals surface area contributed by atoms with Crippen LogP contribution in [0.5, 0.6) is 0 Å². The van der Waals surface area contributed by atoms with E-state index in [-0.39, 0.29) is 17.8 Å². The van der Waals surface area contributed by atoms with Crippen LogP contribution in [0.1, 0.15) is 60.3 Å². The van der Waals surface area contributed by atoms with Gasteiger partial charge in [0.1, 0.15) is 0 Å². The lowest BCUT2D eigenvalue weighted by molar-refractivity contribution is 0.0909. The summed E-state index contributed by atoms with van der Waals surface area (Å²) in [7, 11) is 0. The standard InChI is InChI=1S/C20H25N5O/c1-5-15(6-2)17(16-10-8-7-9-11-16)22-19(26)18-23-20-21-13(3)12-14(4)25(20)24-18/h7-12,15,17H,5-6H2,1-4H3,(H,22,26). The fourth-order valence-corrected chi connectivity index (χ4v) is 3.36. The van der Waals surface area contributed by atoms with E-state index in [2.05, 4.69) is 46.4 Å². The SMILES string of the molecule is CCC(CC)C(NC(=O)c1nc2nc(C)cc(C)n2n1)c1ccccc1. The number of carbonyl (C=O) groups excluding carboxylic acids is 1. The summed E-state index contributed by atoms with van der Waals surface area (Å²) < 4.78 is 1.61. The number of aromatic nitrogens is 4. The van der Waals surface area contributed by atoms with E-state index < -0.39 is 0 Å². The molecule has 2 aromatic heterocycles. The number of carbonyl (C=O) groups is 1. The number of hydrogen-bond acceptors (Lipinski definition) is 4. The van der Waals surface area contributed by atoms with Crippen LogP contribution >= 0.6 is 0 Å². The van der Waals surface area contributed by atoms with Crippen LogP contribution in [0.2, 0.25) is 0 Å². The van der Waals surface area contributed by atoms with E-state index in [1.807, 2.05) is 38.1 Å². The highest BCUT2D eigenvalue weighted by molar-refractivity contribution is 5.91. The number of benzene rings is 1. The van der Waals surface area contributed by atoms with Gasteiger partial charge in [-0.2, -0.15) is 4.98 Å². The molecule has 0 aliphatic heterocycles. The normalized spacial score (nSPS) is 12.5. The zero-order valence-corrected chi connectivity index (χ0v) is 15.7. The van der Waals surface area contributed by atoms with Crippen molar-refractivity contribution in [3.05, 3.63) is 59.2 Å². The van der Waals surface area contributed by atoms with Gasteiger partial charge in [-0.15, -0.1) is 5.10 Å². The quantitative estimate of drug-likeness (QED) is 0.736. The fourth-order valence-electron chi connectivity index (χ4n) is 3.36. The summed E-state index contributed by atoms with van der Waals surface area (Å²) in [6.45, 7) is 8.12. The van der Waals surface area contributed by atoms with E-state index in [0.717, 1.165) is 29.8 Å². The van der Waals surface area contributed by atoms with Crippen molar-refractivity contribution in [2.24, 2.45) is 5.92 Å². The number of nitrogens with zero attached hydrogens (tertiary/aromatic N) is 4. The van der Waals surface area contributed by atoms with Crippen LogP contribution in [0.3, 0.4) is 0 Å². The molecule has 0 saturated heterocycles. The fraction of sp³-hybridized carbons (Fsp3) is 0.400. The summed E-state index contributed by atoms with van der Waals surface area (Å²) in [6.07, 6.45) is 1.96. The number of aryl methyl sites for hydroxylation is 2. The van der Waals surface area contributed by atoms with Gasteiger partial charge in [0.2, 0.25) is 5.82 Å². The van der Waals surface area contributed by atoms with E-state index in [9.17, 15) is 4.79 Å². The molecule has 136 valence electrons. The Balaban J connectivity index is 1.91. The second-order valence-electron chi connectivity index (χ2n) is 6.62. The van der Waals surface area contributed by atoms with Crippen molar-refractivity contribution in [2.45, 2.75) is 46.6 Å². The molecule has 0 aliphatic carbocycles. The summed E-state index contributed by atoms with van der Waals surface area (Å²) in [4.78, 5) is 21.5. The van der Waals surface area contributed by atoms with Gasteiger partial charge in [-0.1, -0.05) is 57.0 Å². The zero-order valence-electron chi connectivity index (χ0n) is 15.7. The van der Waals surface area contributed by atoms with Crippen LogP contribution in [0, 0.1) is 19.8 Å². The maximum absolute atomic E-state index is 12.9. The zero-order chi connectivity index (χ0) is 18.7. The average Bonchev–Trinajstić information content (AvgIpc) is 3.07. The van der Waals surface area contributed by atoms with E-state index in [0.29, 0.717) is 11.7 Å². The molecular weight excluding hydrogens is 326 g/mol. The van der Waals surface area contributed by atoms with Crippen molar-refractivity contribution in [1.82, 2.24) is 24.9 Å². The molecule has 0 fully saturated rings. The maximum Gasteiger partial charge on any atom is 0.291 e. The van der Waals surface area contributed by atoms with Gasteiger partial charge in [0, 0.05) is 11.4 Å². The molecule has 0 radical (unpaired) electrons. The Bertz CT molecular complexity index is 899. The minimum atomic E-state index is -0.270. The molecule has 6 nitrogen and oxygen atoms in total. The molecule has 1 N–H and O–H groups in total. The Morgan fingerprint density at radius 2 is 1.81 bits per heavy atom. The summed E-state index contributed by atoms with van der Waals surface area (Å²) in [5.74, 6) is 0.679. The highest BCUT2D eigenvalue weighted by Crippen LogP contribution is 2.27. The molecule has 0 aliphatic rings. The van der Waals surface area contributed by atoms with Crippen LogP contribution in [0.15, 0.2) is 36.4 Å². The van der Waals surface area contributed by atoms with Gasteiger partial charge in [-0.25, -0.2) is 9.50 Å². The minimum Gasteiger partial charge on any atom is -0.342 e. The lowest BCUT2D eigenvalue weighted by atomic mass is 9.89. The molecule has 1 atom stereocenters. The number of fused-ring (bicyclic) bond motifs is 1. The first-order valence-electron chi connectivity index (χ1n) is 9.10. The van der Waals surface area contributed by atoms with Gasteiger partial charge in [0.15, 0.2) is 0 Å². The van der Waals surface area contributed by atoms with Crippen molar-refractivity contribution >= 4 is 11.7 Å². The monoisotopic (exact) mass is 351 g/mol. The predicted molar refractivity (Wildman–Crippen MR) is 101 cm³/mol. The van der Waals surface area contributed by atoms with Crippen molar-refractivity contribution in [1.29, 1.82) is 0 Å². The van der Waals surface area contributed by atoms with Gasteiger partial charge in [0.25, 0.3) is 11.7 Å². The van der Waals surface area contributed by atoms with Crippen LogP contribution in [0.25, 0.3) is 5.78 Å². The highest BCUT2D eigenvalue weighted by atomic mass is 16.2. The first-order valence-corrected chi connectivity index (χ1v) is 9.10. The molecule has 0 saturated carbocycles. The molecule has 3 aromatic rings. The number of amides is 1. The van der Waals surface area contributed by atoms with Crippen molar-refractivity contribution < 1.29 is 4.79 Å².